The first-order chi connectivity index (χ1) is 11.0. The first kappa shape index (κ1) is 15.9. The number of pyridine rings is 1. The third-order valence-corrected chi connectivity index (χ3v) is 4.32. The van der Waals surface area contributed by atoms with E-state index in [1.807, 2.05) is 33.0 Å². The van der Waals surface area contributed by atoms with Crippen molar-refractivity contribution in [1.29, 1.82) is 0 Å². The van der Waals surface area contributed by atoms with Gasteiger partial charge < -0.3 is 5.32 Å². The number of hydrogen-bond donors (Lipinski definition) is 1. The summed E-state index contributed by atoms with van der Waals surface area (Å²) >= 11 is 6.28. The molecule has 0 fully saturated rings. The van der Waals surface area contributed by atoms with Gasteiger partial charge >= 0.3 is 0 Å². The number of rotatable bonds is 4. The summed E-state index contributed by atoms with van der Waals surface area (Å²) in [6.45, 7) is 4.37. The van der Waals surface area contributed by atoms with Crippen LogP contribution in [0.25, 0.3) is 11.0 Å². The molecule has 0 radical (unpaired) electrons. The molecule has 3 aromatic rings. The summed E-state index contributed by atoms with van der Waals surface area (Å²) in [5.41, 5.74) is 3.18. The summed E-state index contributed by atoms with van der Waals surface area (Å²) < 4.78 is 15.5. The van der Waals surface area contributed by atoms with E-state index >= 15 is 0 Å². The summed E-state index contributed by atoms with van der Waals surface area (Å²) in [4.78, 5) is 4.42. The molecule has 6 heteroatoms. The highest BCUT2D eigenvalue weighted by Crippen LogP contribution is 2.24. The highest BCUT2D eigenvalue weighted by Gasteiger charge is 2.14. The molecule has 0 saturated heterocycles. The highest BCUT2D eigenvalue weighted by molar-refractivity contribution is 6.30. The van der Waals surface area contributed by atoms with Gasteiger partial charge in [0.15, 0.2) is 5.65 Å². The van der Waals surface area contributed by atoms with Crippen LogP contribution in [0.4, 0.5) is 4.39 Å². The maximum Gasteiger partial charge on any atom is 0.159 e. The molecule has 4 nitrogen and oxygen atoms in total. The van der Waals surface area contributed by atoms with E-state index in [-0.39, 0.29) is 11.9 Å². The lowest BCUT2D eigenvalue weighted by Gasteiger charge is -2.15. The Morgan fingerprint density at radius 3 is 2.83 bits per heavy atom. The molecular formula is C17H18ClFN4. The van der Waals surface area contributed by atoms with Gasteiger partial charge in [-0.2, -0.15) is 5.10 Å². The Kier molecular flexibility index (Phi) is 4.33. The molecule has 0 spiro atoms. The lowest BCUT2D eigenvalue weighted by molar-refractivity contribution is 0.528. The summed E-state index contributed by atoms with van der Waals surface area (Å²) in [7, 11) is 1.84. The summed E-state index contributed by atoms with van der Waals surface area (Å²) in [6, 6.07) is 8.63. The van der Waals surface area contributed by atoms with Gasteiger partial charge in [0.1, 0.15) is 11.0 Å². The number of aryl methyl sites for hydroxylation is 2. The molecule has 120 valence electrons. The topological polar surface area (TPSA) is 42.7 Å². The number of nitrogens with one attached hydrogen (secondary N) is 1. The molecule has 0 aliphatic rings. The molecule has 0 aliphatic carbocycles. The zero-order chi connectivity index (χ0) is 16.6. The average Bonchev–Trinajstić information content (AvgIpc) is 2.79. The first-order valence-corrected chi connectivity index (χ1v) is 7.81. The molecule has 0 bridgehead atoms. The molecule has 0 amide bonds. The zero-order valence-electron chi connectivity index (χ0n) is 13.3. The molecular weight excluding hydrogens is 315 g/mol. The van der Waals surface area contributed by atoms with Crippen molar-refractivity contribution in [3.05, 3.63) is 58.1 Å². The zero-order valence-corrected chi connectivity index (χ0v) is 14.0. The maximum atomic E-state index is 13.8. The Morgan fingerprint density at radius 1 is 1.35 bits per heavy atom. The van der Waals surface area contributed by atoms with Crippen molar-refractivity contribution in [3.8, 4) is 0 Å². The van der Waals surface area contributed by atoms with Crippen molar-refractivity contribution < 1.29 is 4.39 Å². The van der Waals surface area contributed by atoms with Crippen LogP contribution in [0.2, 0.25) is 5.15 Å². The number of nitrogens with zero attached hydrogens (tertiary/aromatic N) is 3. The van der Waals surface area contributed by atoms with Gasteiger partial charge in [-0.1, -0.05) is 29.8 Å². The first-order valence-electron chi connectivity index (χ1n) is 7.44. The fourth-order valence-corrected chi connectivity index (χ4v) is 2.89. The summed E-state index contributed by atoms with van der Waals surface area (Å²) in [5.74, 6) is -0.213. The van der Waals surface area contributed by atoms with Gasteiger partial charge in [-0.3, -0.25) is 4.68 Å². The quantitative estimate of drug-likeness (QED) is 0.736. The number of benzene rings is 1. The highest BCUT2D eigenvalue weighted by atomic mass is 35.5. The van der Waals surface area contributed by atoms with Gasteiger partial charge in [-0.15, -0.1) is 0 Å². The van der Waals surface area contributed by atoms with E-state index in [9.17, 15) is 4.39 Å². The van der Waals surface area contributed by atoms with Crippen LogP contribution in [0.15, 0.2) is 30.3 Å². The van der Waals surface area contributed by atoms with Crippen molar-refractivity contribution in [2.75, 3.05) is 0 Å². The fourth-order valence-electron chi connectivity index (χ4n) is 2.69. The smallest absolute Gasteiger partial charge is 0.159 e. The van der Waals surface area contributed by atoms with E-state index in [0.29, 0.717) is 17.3 Å². The fraction of sp³-hybridized carbons (Fsp3) is 0.294. The summed E-state index contributed by atoms with van der Waals surface area (Å²) in [6.07, 6.45) is 0. The van der Waals surface area contributed by atoms with Crippen molar-refractivity contribution >= 4 is 22.6 Å². The Balaban J connectivity index is 1.83. The monoisotopic (exact) mass is 332 g/mol. The van der Waals surface area contributed by atoms with Crippen LogP contribution in [0.5, 0.6) is 0 Å². The average molecular weight is 333 g/mol. The predicted octanol–water partition coefficient (Wildman–Crippen LogP) is 3.92. The molecule has 0 aliphatic heterocycles. The standard InChI is InChI=1S/C17H18ClFN4/c1-10(13-6-4-5-7-15(13)19)20-9-12-8-14-11(2)22-23(3)17(14)21-16(12)18/h4-8,10,20H,9H2,1-3H3. The van der Waals surface area contributed by atoms with E-state index in [1.165, 1.54) is 6.07 Å². The molecule has 23 heavy (non-hydrogen) atoms. The Morgan fingerprint density at radius 2 is 2.09 bits per heavy atom. The molecule has 1 aromatic carbocycles. The maximum absolute atomic E-state index is 13.8. The predicted molar refractivity (Wildman–Crippen MR) is 89.9 cm³/mol. The molecule has 2 aromatic heterocycles. The van der Waals surface area contributed by atoms with E-state index in [0.717, 1.165) is 22.3 Å². The van der Waals surface area contributed by atoms with Crippen LogP contribution in [-0.4, -0.2) is 14.8 Å². The van der Waals surface area contributed by atoms with E-state index < -0.39 is 0 Å². The number of halogens is 2. The Bertz CT molecular complexity index is 859. The van der Waals surface area contributed by atoms with Crippen LogP contribution < -0.4 is 5.32 Å². The van der Waals surface area contributed by atoms with Crippen LogP contribution in [-0.2, 0) is 13.6 Å². The minimum Gasteiger partial charge on any atom is -0.306 e. The second-order valence-corrected chi connectivity index (χ2v) is 6.00. The second-order valence-electron chi connectivity index (χ2n) is 5.64. The van der Waals surface area contributed by atoms with Crippen LogP contribution in [0.1, 0.15) is 29.8 Å². The van der Waals surface area contributed by atoms with Gasteiger partial charge in [0, 0.05) is 36.1 Å². The second kappa shape index (κ2) is 6.26. The van der Waals surface area contributed by atoms with Gasteiger partial charge in [-0.25, -0.2) is 9.37 Å². The minimum atomic E-state index is -0.213. The molecule has 1 atom stereocenters. The van der Waals surface area contributed by atoms with Crippen LogP contribution >= 0.6 is 11.6 Å². The van der Waals surface area contributed by atoms with Crippen molar-refractivity contribution in [2.45, 2.75) is 26.4 Å². The molecule has 1 unspecified atom stereocenters. The number of fused-ring (bicyclic) bond motifs is 1. The minimum absolute atomic E-state index is 0.127. The van der Waals surface area contributed by atoms with Crippen molar-refractivity contribution in [1.82, 2.24) is 20.1 Å². The normalized spacial score (nSPS) is 12.7. The molecule has 2 heterocycles. The lowest BCUT2D eigenvalue weighted by atomic mass is 10.1. The largest absolute Gasteiger partial charge is 0.306 e. The molecule has 1 N–H and O–H groups in total. The molecule has 0 saturated carbocycles. The van der Waals surface area contributed by atoms with Gasteiger partial charge in [0.05, 0.1) is 5.69 Å². The van der Waals surface area contributed by atoms with Crippen LogP contribution in [0, 0.1) is 12.7 Å². The van der Waals surface area contributed by atoms with Crippen LogP contribution in [0.3, 0.4) is 0 Å². The third-order valence-electron chi connectivity index (χ3n) is 4.00. The van der Waals surface area contributed by atoms with Crippen molar-refractivity contribution in [2.24, 2.45) is 7.05 Å². The Hall–Kier alpha value is -1.98. The summed E-state index contributed by atoms with van der Waals surface area (Å²) in [5, 5.41) is 9.07. The third kappa shape index (κ3) is 3.07. The van der Waals surface area contributed by atoms with Gasteiger partial charge in [0.2, 0.25) is 0 Å². The van der Waals surface area contributed by atoms with Gasteiger partial charge in [-0.05, 0) is 26.0 Å². The van der Waals surface area contributed by atoms with Crippen molar-refractivity contribution in [3.63, 3.8) is 0 Å². The SMILES string of the molecule is Cc1nn(C)c2nc(Cl)c(CNC(C)c3ccccc3F)cc12. The molecule has 3 rings (SSSR count). The Labute approximate surface area is 139 Å². The van der Waals surface area contributed by atoms with Gasteiger partial charge in [0.25, 0.3) is 0 Å². The number of aromatic nitrogens is 3. The van der Waals surface area contributed by atoms with E-state index in [1.54, 1.807) is 16.8 Å². The van der Waals surface area contributed by atoms with E-state index in [4.69, 9.17) is 11.6 Å². The lowest BCUT2D eigenvalue weighted by Crippen LogP contribution is -2.19. The number of hydrogen-bond acceptors (Lipinski definition) is 3. The van der Waals surface area contributed by atoms with E-state index in [2.05, 4.69) is 15.4 Å².